The van der Waals surface area contributed by atoms with Crippen LogP contribution in [0, 0.1) is 11.7 Å². The third-order valence-corrected chi connectivity index (χ3v) is 2.90. The second-order valence-corrected chi connectivity index (χ2v) is 4.27. The molecule has 1 saturated carbocycles. The lowest BCUT2D eigenvalue weighted by Gasteiger charge is -2.14. The molecule has 0 unspecified atom stereocenters. The molecule has 1 aliphatic carbocycles. The molecule has 6 heteroatoms. The first-order chi connectivity index (χ1) is 8.11. The molecule has 1 aromatic heterocycles. The molecule has 17 heavy (non-hydrogen) atoms. The van der Waals surface area contributed by atoms with Gasteiger partial charge in [0.05, 0.1) is 5.56 Å². The summed E-state index contributed by atoms with van der Waals surface area (Å²) in [6.07, 6.45) is 3.53. The van der Waals surface area contributed by atoms with Crippen LogP contribution in [-0.2, 0) is 0 Å². The van der Waals surface area contributed by atoms with Crippen molar-refractivity contribution in [1.29, 1.82) is 0 Å². The highest BCUT2D eigenvalue weighted by Gasteiger charge is 2.28. The van der Waals surface area contributed by atoms with Crippen molar-refractivity contribution in [2.75, 3.05) is 5.32 Å². The van der Waals surface area contributed by atoms with E-state index in [1.807, 2.05) is 6.92 Å². The number of hydrogen-bond donors (Lipinski definition) is 3. The molecule has 3 N–H and O–H groups in total. The van der Waals surface area contributed by atoms with Gasteiger partial charge in [0.25, 0.3) is 5.91 Å². The number of rotatable bonds is 4. The summed E-state index contributed by atoms with van der Waals surface area (Å²) >= 11 is 0. The Morgan fingerprint density at radius 3 is 2.88 bits per heavy atom. The zero-order chi connectivity index (χ0) is 12.4. The molecule has 0 bridgehead atoms. The molecule has 1 atom stereocenters. The lowest BCUT2D eigenvalue weighted by atomic mass is 10.2. The Bertz CT molecular complexity index is 435. The van der Waals surface area contributed by atoms with E-state index in [1.54, 1.807) is 0 Å². The van der Waals surface area contributed by atoms with E-state index in [1.165, 1.54) is 11.7 Å². The molecule has 1 amide bonds. The van der Waals surface area contributed by atoms with Crippen LogP contribution >= 0.6 is 0 Å². The first-order valence-electron chi connectivity index (χ1n) is 5.48. The van der Waals surface area contributed by atoms with Crippen LogP contribution in [0.2, 0.25) is 0 Å². The number of nitrogens with zero attached hydrogens (tertiary/aromatic N) is 1. The number of nitrogens with one attached hydrogen (secondary N) is 2. The van der Waals surface area contributed by atoms with Crippen molar-refractivity contribution in [2.45, 2.75) is 25.8 Å². The monoisotopic (exact) mass is 239 g/mol. The molecular formula is C11H14FN3O2. The molecule has 0 radical (unpaired) electrons. The Morgan fingerprint density at radius 2 is 2.35 bits per heavy atom. The minimum atomic E-state index is -0.779. The van der Waals surface area contributed by atoms with E-state index in [0.717, 1.165) is 18.9 Å². The van der Waals surface area contributed by atoms with E-state index in [4.69, 9.17) is 5.21 Å². The summed E-state index contributed by atoms with van der Waals surface area (Å²) in [7, 11) is 0. The van der Waals surface area contributed by atoms with Gasteiger partial charge in [-0.1, -0.05) is 0 Å². The Hall–Kier alpha value is -1.69. The molecule has 1 fully saturated rings. The molecule has 0 aromatic carbocycles. The summed E-state index contributed by atoms with van der Waals surface area (Å²) in [6.45, 7) is 1.98. The second-order valence-electron chi connectivity index (χ2n) is 4.27. The molecule has 2 rings (SSSR count). The lowest BCUT2D eigenvalue weighted by molar-refractivity contribution is 0.0705. The number of carbonyl (C=O) groups excluding carboxylic acids is 1. The van der Waals surface area contributed by atoms with E-state index in [0.29, 0.717) is 5.92 Å². The van der Waals surface area contributed by atoms with Crippen LogP contribution in [-0.4, -0.2) is 22.1 Å². The van der Waals surface area contributed by atoms with Gasteiger partial charge in [0.15, 0.2) is 11.6 Å². The van der Waals surface area contributed by atoms with E-state index in [9.17, 15) is 9.18 Å². The number of hydrogen-bond acceptors (Lipinski definition) is 4. The maximum atomic E-state index is 13.6. The highest BCUT2D eigenvalue weighted by Crippen LogP contribution is 2.33. The van der Waals surface area contributed by atoms with E-state index in [-0.39, 0.29) is 17.4 Å². The van der Waals surface area contributed by atoms with Gasteiger partial charge < -0.3 is 5.32 Å². The van der Waals surface area contributed by atoms with Gasteiger partial charge in [-0.05, 0) is 31.7 Å². The molecule has 0 spiro atoms. The standard InChI is InChI=1S/C11H14FN3O2/c1-6(7-2-3-7)14-10-9(12)4-8(5-13-10)11(16)15-17/h4-7,17H,2-3H2,1H3,(H,13,14)(H,15,16)/t6-/m0/s1. The minimum absolute atomic E-state index is 0.0189. The number of amides is 1. The second kappa shape index (κ2) is 4.67. The molecule has 0 aliphatic heterocycles. The van der Waals surface area contributed by atoms with Gasteiger partial charge in [0, 0.05) is 12.2 Å². The van der Waals surface area contributed by atoms with Crippen LogP contribution in [0.25, 0.3) is 0 Å². The lowest BCUT2D eigenvalue weighted by Crippen LogP contribution is -2.21. The third-order valence-electron chi connectivity index (χ3n) is 2.90. The van der Waals surface area contributed by atoms with E-state index >= 15 is 0 Å². The number of carbonyl (C=O) groups is 1. The molecular weight excluding hydrogens is 225 g/mol. The van der Waals surface area contributed by atoms with Crippen LogP contribution in [0.4, 0.5) is 10.2 Å². The predicted octanol–water partition coefficient (Wildman–Crippen LogP) is 1.55. The van der Waals surface area contributed by atoms with Gasteiger partial charge in [-0.15, -0.1) is 0 Å². The molecule has 1 aromatic rings. The maximum Gasteiger partial charge on any atom is 0.276 e. The van der Waals surface area contributed by atoms with Gasteiger partial charge in [-0.3, -0.25) is 10.0 Å². The van der Waals surface area contributed by atoms with Crippen molar-refractivity contribution in [3.05, 3.63) is 23.6 Å². The summed E-state index contributed by atoms with van der Waals surface area (Å²) in [4.78, 5) is 14.9. The molecule has 5 nitrogen and oxygen atoms in total. The Kier molecular flexibility index (Phi) is 3.23. The van der Waals surface area contributed by atoms with Crippen LogP contribution in [0.1, 0.15) is 30.1 Å². The van der Waals surface area contributed by atoms with E-state index < -0.39 is 11.7 Å². The SMILES string of the molecule is C[C@H](Nc1ncc(C(=O)NO)cc1F)C1CC1. The minimum Gasteiger partial charge on any atom is -0.365 e. The molecule has 1 heterocycles. The quantitative estimate of drug-likeness (QED) is 0.550. The summed E-state index contributed by atoms with van der Waals surface area (Å²) in [5.74, 6) is -0.660. The van der Waals surface area contributed by atoms with Gasteiger partial charge >= 0.3 is 0 Å². The van der Waals surface area contributed by atoms with Gasteiger partial charge in [-0.25, -0.2) is 14.9 Å². The smallest absolute Gasteiger partial charge is 0.276 e. The zero-order valence-corrected chi connectivity index (χ0v) is 9.40. The molecule has 0 saturated heterocycles. The molecule has 92 valence electrons. The Labute approximate surface area is 98.0 Å². The van der Waals surface area contributed by atoms with Crippen LogP contribution in [0.3, 0.4) is 0 Å². The highest BCUT2D eigenvalue weighted by atomic mass is 19.1. The van der Waals surface area contributed by atoms with E-state index in [2.05, 4.69) is 10.3 Å². The number of hydroxylamine groups is 1. The number of halogens is 1. The third kappa shape index (κ3) is 2.71. The van der Waals surface area contributed by atoms with Crippen molar-refractivity contribution < 1.29 is 14.4 Å². The first kappa shape index (κ1) is 11.8. The largest absolute Gasteiger partial charge is 0.365 e. The summed E-state index contributed by atoms with van der Waals surface area (Å²) < 4.78 is 13.6. The number of pyridine rings is 1. The highest BCUT2D eigenvalue weighted by molar-refractivity contribution is 5.93. The summed E-state index contributed by atoms with van der Waals surface area (Å²) in [5.41, 5.74) is 1.41. The predicted molar refractivity (Wildman–Crippen MR) is 59.3 cm³/mol. The fourth-order valence-corrected chi connectivity index (χ4v) is 1.66. The van der Waals surface area contributed by atoms with Crippen molar-refractivity contribution in [1.82, 2.24) is 10.5 Å². The zero-order valence-electron chi connectivity index (χ0n) is 9.40. The average Bonchev–Trinajstić information content (AvgIpc) is 3.14. The molecule has 1 aliphatic rings. The van der Waals surface area contributed by atoms with Crippen molar-refractivity contribution in [3.63, 3.8) is 0 Å². The van der Waals surface area contributed by atoms with Crippen LogP contribution in [0.15, 0.2) is 12.3 Å². The Morgan fingerprint density at radius 1 is 1.65 bits per heavy atom. The fourth-order valence-electron chi connectivity index (χ4n) is 1.66. The average molecular weight is 239 g/mol. The Balaban J connectivity index is 2.10. The van der Waals surface area contributed by atoms with Crippen molar-refractivity contribution in [2.24, 2.45) is 5.92 Å². The van der Waals surface area contributed by atoms with Crippen LogP contribution < -0.4 is 10.8 Å². The van der Waals surface area contributed by atoms with Gasteiger partial charge in [-0.2, -0.15) is 0 Å². The number of aromatic nitrogens is 1. The normalized spacial score (nSPS) is 16.4. The fraction of sp³-hybridized carbons (Fsp3) is 0.455. The van der Waals surface area contributed by atoms with Crippen molar-refractivity contribution in [3.8, 4) is 0 Å². The van der Waals surface area contributed by atoms with Crippen molar-refractivity contribution >= 4 is 11.7 Å². The van der Waals surface area contributed by atoms with Gasteiger partial charge in [0.1, 0.15) is 0 Å². The van der Waals surface area contributed by atoms with Crippen LogP contribution in [0.5, 0.6) is 0 Å². The van der Waals surface area contributed by atoms with Gasteiger partial charge in [0.2, 0.25) is 0 Å². The first-order valence-corrected chi connectivity index (χ1v) is 5.48. The summed E-state index contributed by atoms with van der Waals surface area (Å²) in [6, 6.07) is 1.22. The number of anilines is 1. The summed E-state index contributed by atoms with van der Waals surface area (Å²) in [5, 5.41) is 11.4. The topological polar surface area (TPSA) is 74.2 Å². The maximum absolute atomic E-state index is 13.6.